The summed E-state index contributed by atoms with van der Waals surface area (Å²) in [7, 11) is 0. The van der Waals surface area contributed by atoms with Crippen LogP contribution < -0.4 is 0 Å². The van der Waals surface area contributed by atoms with Crippen LogP contribution in [0.5, 0.6) is 0 Å². The van der Waals surface area contributed by atoms with Crippen LogP contribution in [0.25, 0.3) is 11.0 Å². The molecule has 1 aromatic carbocycles. The zero-order valence-corrected chi connectivity index (χ0v) is 14.4. The van der Waals surface area contributed by atoms with Gasteiger partial charge in [0.2, 0.25) is 0 Å². The summed E-state index contributed by atoms with van der Waals surface area (Å²) in [5.74, 6) is 0.846. The first-order valence-corrected chi connectivity index (χ1v) is 8.95. The Kier molecular flexibility index (Phi) is 5.68. The lowest BCUT2D eigenvalue weighted by Crippen LogP contribution is -2.38. The third-order valence-electron chi connectivity index (χ3n) is 5.05. The fourth-order valence-electron chi connectivity index (χ4n) is 3.46. The first-order chi connectivity index (χ1) is 11.2. The summed E-state index contributed by atoms with van der Waals surface area (Å²) < 4.78 is 8.05. The number of aromatic nitrogens is 2. The van der Waals surface area contributed by atoms with E-state index in [1.165, 1.54) is 37.9 Å². The molecule has 4 heteroatoms. The Morgan fingerprint density at radius 1 is 1.17 bits per heavy atom. The second kappa shape index (κ2) is 7.93. The topological polar surface area (TPSA) is 30.3 Å². The van der Waals surface area contributed by atoms with Gasteiger partial charge in [0.15, 0.2) is 0 Å². The Hall–Kier alpha value is -1.39. The van der Waals surface area contributed by atoms with E-state index in [-0.39, 0.29) is 0 Å². The first-order valence-electron chi connectivity index (χ1n) is 8.95. The summed E-state index contributed by atoms with van der Waals surface area (Å²) in [5.41, 5.74) is 2.25. The summed E-state index contributed by atoms with van der Waals surface area (Å²) in [4.78, 5) is 7.00. The molecule has 0 N–H and O–H groups in total. The van der Waals surface area contributed by atoms with Crippen LogP contribution in [0.3, 0.4) is 0 Å². The van der Waals surface area contributed by atoms with Crippen LogP contribution in [-0.2, 0) is 11.3 Å². The van der Waals surface area contributed by atoms with Crippen molar-refractivity contribution in [3.63, 3.8) is 0 Å². The van der Waals surface area contributed by atoms with Crippen LogP contribution >= 0.6 is 0 Å². The molecule has 1 aliphatic rings. The monoisotopic (exact) mass is 315 g/mol. The van der Waals surface area contributed by atoms with Crippen LogP contribution in [0, 0.1) is 5.92 Å². The van der Waals surface area contributed by atoms with E-state index in [1.807, 2.05) is 12.4 Å². The Labute approximate surface area is 139 Å². The molecule has 0 spiro atoms. The summed E-state index contributed by atoms with van der Waals surface area (Å²) in [6.45, 7) is 9.63. The molecule has 0 unspecified atom stereocenters. The summed E-state index contributed by atoms with van der Waals surface area (Å²) >= 11 is 0. The minimum Gasteiger partial charge on any atom is -0.380 e. The second-order valence-corrected chi connectivity index (χ2v) is 6.90. The predicted octanol–water partition coefficient (Wildman–Crippen LogP) is 3.56. The molecular formula is C19H29N3O. The number of piperidine rings is 1. The molecule has 1 aliphatic heterocycles. The van der Waals surface area contributed by atoms with Gasteiger partial charge in [-0.25, -0.2) is 4.98 Å². The zero-order valence-electron chi connectivity index (χ0n) is 14.4. The molecule has 0 radical (unpaired) electrons. The average molecular weight is 315 g/mol. The van der Waals surface area contributed by atoms with Gasteiger partial charge < -0.3 is 14.2 Å². The van der Waals surface area contributed by atoms with Crippen molar-refractivity contribution < 1.29 is 4.74 Å². The first kappa shape index (κ1) is 16.5. The maximum Gasteiger partial charge on any atom is 0.0959 e. The van der Waals surface area contributed by atoms with Crippen molar-refractivity contribution in [2.24, 2.45) is 5.92 Å². The van der Waals surface area contributed by atoms with Gasteiger partial charge in [0.05, 0.1) is 24.0 Å². The second-order valence-electron chi connectivity index (χ2n) is 6.90. The Morgan fingerprint density at radius 2 is 1.96 bits per heavy atom. The van der Waals surface area contributed by atoms with Crippen LogP contribution in [0.2, 0.25) is 0 Å². The molecule has 126 valence electrons. The third-order valence-corrected chi connectivity index (χ3v) is 5.05. The molecule has 0 bridgehead atoms. The molecule has 2 aromatic rings. The van der Waals surface area contributed by atoms with Crippen LogP contribution in [0.4, 0.5) is 0 Å². The summed E-state index contributed by atoms with van der Waals surface area (Å²) in [5, 5.41) is 0. The number of para-hydroxylation sites is 2. The lowest BCUT2D eigenvalue weighted by Gasteiger charge is -2.34. The van der Waals surface area contributed by atoms with Crippen molar-refractivity contribution >= 4 is 11.0 Å². The molecular weight excluding hydrogens is 286 g/mol. The van der Waals surface area contributed by atoms with E-state index in [2.05, 4.69) is 46.5 Å². The fraction of sp³-hybridized carbons (Fsp3) is 0.632. The van der Waals surface area contributed by atoms with Gasteiger partial charge in [-0.1, -0.05) is 12.1 Å². The maximum atomic E-state index is 5.87. The number of hydrogen-bond acceptors (Lipinski definition) is 3. The molecule has 1 aromatic heterocycles. The van der Waals surface area contributed by atoms with E-state index in [0.717, 1.165) is 31.2 Å². The van der Waals surface area contributed by atoms with Crippen molar-refractivity contribution in [3.05, 3.63) is 30.6 Å². The number of likely N-dealkylation sites (tertiary alicyclic amines) is 1. The number of benzene rings is 1. The molecule has 0 aliphatic carbocycles. The molecule has 4 nitrogen and oxygen atoms in total. The van der Waals surface area contributed by atoms with E-state index in [9.17, 15) is 0 Å². The van der Waals surface area contributed by atoms with Crippen molar-refractivity contribution in [2.75, 3.05) is 26.3 Å². The average Bonchev–Trinajstić information content (AvgIpc) is 2.98. The van der Waals surface area contributed by atoms with Gasteiger partial charge in [0.1, 0.15) is 0 Å². The van der Waals surface area contributed by atoms with Gasteiger partial charge in [0.25, 0.3) is 0 Å². The van der Waals surface area contributed by atoms with E-state index in [0.29, 0.717) is 6.04 Å². The van der Waals surface area contributed by atoms with Crippen molar-refractivity contribution in [2.45, 2.75) is 45.7 Å². The van der Waals surface area contributed by atoms with Gasteiger partial charge >= 0.3 is 0 Å². The number of nitrogens with zero attached hydrogens (tertiary/aromatic N) is 3. The standard InChI is InChI=1S/C19H29N3O/c1-16(2)21-10-7-17(8-11-21)9-13-23-14-12-22-15-20-18-5-3-4-6-19(18)22/h3-6,15-17H,7-14H2,1-2H3. The van der Waals surface area contributed by atoms with Gasteiger partial charge in [-0.15, -0.1) is 0 Å². The molecule has 2 heterocycles. The van der Waals surface area contributed by atoms with Crippen molar-refractivity contribution in [1.82, 2.24) is 14.5 Å². The molecule has 23 heavy (non-hydrogen) atoms. The summed E-state index contributed by atoms with van der Waals surface area (Å²) in [6.07, 6.45) is 5.77. The molecule has 0 amide bonds. The number of imidazole rings is 1. The highest BCUT2D eigenvalue weighted by molar-refractivity contribution is 5.74. The predicted molar refractivity (Wildman–Crippen MR) is 94.6 cm³/mol. The number of hydrogen-bond donors (Lipinski definition) is 0. The highest BCUT2D eigenvalue weighted by atomic mass is 16.5. The Balaban J connectivity index is 1.33. The Morgan fingerprint density at radius 3 is 2.74 bits per heavy atom. The lowest BCUT2D eigenvalue weighted by molar-refractivity contribution is 0.0901. The SMILES string of the molecule is CC(C)N1CCC(CCOCCn2cnc3ccccc32)CC1. The number of rotatable bonds is 7. The number of ether oxygens (including phenoxy) is 1. The smallest absolute Gasteiger partial charge is 0.0959 e. The van der Waals surface area contributed by atoms with E-state index >= 15 is 0 Å². The Bertz CT molecular complexity index is 599. The fourth-order valence-corrected chi connectivity index (χ4v) is 3.46. The molecule has 3 rings (SSSR count). The van der Waals surface area contributed by atoms with E-state index in [4.69, 9.17) is 4.74 Å². The van der Waals surface area contributed by atoms with Crippen molar-refractivity contribution in [3.8, 4) is 0 Å². The largest absolute Gasteiger partial charge is 0.380 e. The van der Waals surface area contributed by atoms with Gasteiger partial charge in [-0.2, -0.15) is 0 Å². The van der Waals surface area contributed by atoms with Gasteiger partial charge in [-0.05, 0) is 64.3 Å². The molecule has 1 saturated heterocycles. The van der Waals surface area contributed by atoms with Crippen LogP contribution in [-0.4, -0.2) is 46.8 Å². The van der Waals surface area contributed by atoms with Gasteiger partial charge in [0, 0.05) is 19.2 Å². The van der Waals surface area contributed by atoms with E-state index < -0.39 is 0 Å². The minimum atomic E-state index is 0.692. The van der Waals surface area contributed by atoms with Gasteiger partial charge in [-0.3, -0.25) is 0 Å². The normalized spacial score (nSPS) is 17.3. The number of fused-ring (bicyclic) bond motifs is 1. The molecule has 1 fully saturated rings. The van der Waals surface area contributed by atoms with Crippen LogP contribution in [0.15, 0.2) is 30.6 Å². The minimum absolute atomic E-state index is 0.692. The van der Waals surface area contributed by atoms with E-state index in [1.54, 1.807) is 0 Å². The quantitative estimate of drug-likeness (QED) is 0.732. The summed E-state index contributed by atoms with van der Waals surface area (Å²) in [6, 6.07) is 8.95. The molecule has 0 saturated carbocycles. The third kappa shape index (κ3) is 4.33. The lowest BCUT2D eigenvalue weighted by atomic mass is 9.93. The molecule has 0 atom stereocenters. The maximum absolute atomic E-state index is 5.87. The highest BCUT2D eigenvalue weighted by Gasteiger charge is 2.20. The van der Waals surface area contributed by atoms with Crippen molar-refractivity contribution in [1.29, 1.82) is 0 Å². The zero-order chi connectivity index (χ0) is 16.1. The van der Waals surface area contributed by atoms with Crippen LogP contribution in [0.1, 0.15) is 33.1 Å². The highest BCUT2D eigenvalue weighted by Crippen LogP contribution is 2.21.